The average molecular weight is 337 g/mol. The summed E-state index contributed by atoms with van der Waals surface area (Å²) in [5, 5.41) is 11.5. The molecule has 7 nitrogen and oxygen atoms in total. The molecule has 8 heteroatoms. The van der Waals surface area contributed by atoms with Crippen LogP contribution in [0.5, 0.6) is 5.75 Å². The van der Waals surface area contributed by atoms with Gasteiger partial charge in [0.05, 0.1) is 11.4 Å². The average Bonchev–Trinajstić information content (AvgIpc) is 2.54. The summed E-state index contributed by atoms with van der Waals surface area (Å²) >= 11 is 6.04. The van der Waals surface area contributed by atoms with Crippen molar-refractivity contribution in [2.45, 2.75) is 12.8 Å². The molecule has 0 unspecified atom stereocenters. The van der Waals surface area contributed by atoms with Crippen molar-refractivity contribution in [2.75, 3.05) is 30.8 Å². The Morgan fingerprint density at radius 3 is 2.74 bits per heavy atom. The second-order valence-corrected chi connectivity index (χ2v) is 5.71. The molecule has 0 saturated carbocycles. The Hall–Kier alpha value is -2.25. The lowest BCUT2D eigenvalue weighted by Gasteiger charge is -2.26. The topological polar surface area (TPSA) is 91.5 Å². The van der Waals surface area contributed by atoms with E-state index in [1.54, 1.807) is 12.1 Å². The van der Waals surface area contributed by atoms with Crippen molar-refractivity contribution < 1.29 is 14.3 Å². The Balaban J connectivity index is 2.00. The Labute approximate surface area is 138 Å². The molecule has 3 rings (SSSR count). The molecule has 2 aliphatic rings. The van der Waals surface area contributed by atoms with Crippen molar-refractivity contribution in [3.63, 3.8) is 0 Å². The van der Waals surface area contributed by atoms with Gasteiger partial charge in [0.2, 0.25) is 0 Å². The fraction of sp³-hybridized carbons (Fsp3) is 0.333. The van der Waals surface area contributed by atoms with E-state index < -0.39 is 6.03 Å². The fourth-order valence-electron chi connectivity index (χ4n) is 2.59. The second-order valence-electron chi connectivity index (χ2n) is 5.27. The van der Waals surface area contributed by atoms with Gasteiger partial charge in [0.15, 0.2) is 11.5 Å². The first-order valence-electron chi connectivity index (χ1n) is 7.32. The fourth-order valence-corrected chi connectivity index (χ4v) is 2.81. The molecule has 23 heavy (non-hydrogen) atoms. The number of fused-ring (bicyclic) bond motifs is 1. The zero-order chi connectivity index (χ0) is 16.4. The molecule has 0 aliphatic carbocycles. The lowest BCUT2D eigenvalue weighted by molar-refractivity contribution is -0.115. The van der Waals surface area contributed by atoms with Crippen LogP contribution in [-0.4, -0.2) is 32.1 Å². The molecule has 1 fully saturated rings. The number of nitrogens with one attached hydrogen (secondary N) is 4. The number of hydrogen-bond acceptors (Lipinski definition) is 4. The molecule has 122 valence electrons. The van der Waals surface area contributed by atoms with Crippen LogP contribution in [0.4, 0.5) is 16.2 Å². The molecule has 0 atom stereocenters. The highest BCUT2D eigenvalue weighted by molar-refractivity contribution is 6.31. The maximum atomic E-state index is 12.3. The van der Waals surface area contributed by atoms with Gasteiger partial charge in [-0.15, -0.1) is 0 Å². The molecule has 0 radical (unpaired) electrons. The predicted molar refractivity (Wildman–Crippen MR) is 87.9 cm³/mol. The summed E-state index contributed by atoms with van der Waals surface area (Å²) in [6, 6.07) is 2.77. The molecule has 4 N–H and O–H groups in total. The van der Waals surface area contributed by atoms with Crippen molar-refractivity contribution in [2.24, 2.45) is 0 Å². The van der Waals surface area contributed by atoms with E-state index in [0.29, 0.717) is 27.9 Å². The number of anilines is 2. The number of ether oxygens (including phenoxy) is 1. The van der Waals surface area contributed by atoms with Crippen LogP contribution in [0.15, 0.2) is 23.5 Å². The van der Waals surface area contributed by atoms with E-state index in [1.165, 1.54) is 7.05 Å². The number of benzene rings is 1. The van der Waals surface area contributed by atoms with Gasteiger partial charge in [-0.25, -0.2) is 4.79 Å². The molecule has 2 heterocycles. The lowest BCUT2D eigenvalue weighted by atomic mass is 10.0. The Morgan fingerprint density at radius 1 is 1.30 bits per heavy atom. The SMILES string of the molecule is CNC(=O)Nc1cc(Cl)cc2c1OC(=C1CCNCC1)C(=O)N2. The number of piperidine rings is 1. The van der Waals surface area contributed by atoms with E-state index in [9.17, 15) is 9.59 Å². The Bertz CT molecular complexity index is 694. The zero-order valence-corrected chi connectivity index (χ0v) is 13.3. The van der Waals surface area contributed by atoms with Crippen LogP contribution in [0.2, 0.25) is 5.02 Å². The molecule has 1 aromatic rings. The summed E-state index contributed by atoms with van der Waals surface area (Å²) in [6.07, 6.45) is 1.51. The van der Waals surface area contributed by atoms with Crippen molar-refractivity contribution in [3.8, 4) is 5.75 Å². The number of halogens is 1. The number of hydrogen-bond donors (Lipinski definition) is 4. The summed E-state index contributed by atoms with van der Waals surface area (Å²) < 4.78 is 5.85. The molecule has 0 bridgehead atoms. The summed E-state index contributed by atoms with van der Waals surface area (Å²) in [6.45, 7) is 1.62. The maximum absolute atomic E-state index is 12.3. The van der Waals surface area contributed by atoms with Crippen LogP contribution < -0.4 is 26.0 Å². The van der Waals surface area contributed by atoms with Gasteiger partial charge >= 0.3 is 6.03 Å². The third kappa shape index (κ3) is 3.25. The molecular weight excluding hydrogens is 320 g/mol. The summed E-state index contributed by atoms with van der Waals surface area (Å²) in [7, 11) is 1.51. The predicted octanol–water partition coefficient (Wildman–Crippen LogP) is 2.06. The van der Waals surface area contributed by atoms with E-state index in [-0.39, 0.29) is 5.91 Å². The van der Waals surface area contributed by atoms with E-state index in [4.69, 9.17) is 16.3 Å². The summed E-state index contributed by atoms with van der Waals surface area (Å²) in [5.74, 6) is 0.405. The van der Waals surface area contributed by atoms with Crippen LogP contribution >= 0.6 is 11.6 Å². The van der Waals surface area contributed by atoms with Crippen molar-refractivity contribution in [1.82, 2.24) is 10.6 Å². The first-order valence-corrected chi connectivity index (χ1v) is 7.70. The van der Waals surface area contributed by atoms with Crippen LogP contribution in [0.25, 0.3) is 0 Å². The molecule has 0 spiro atoms. The summed E-state index contributed by atoms with van der Waals surface area (Å²) in [5.41, 5.74) is 1.80. The van der Waals surface area contributed by atoms with Crippen molar-refractivity contribution >= 4 is 34.9 Å². The van der Waals surface area contributed by atoms with Gasteiger partial charge in [0.25, 0.3) is 5.91 Å². The number of amides is 3. The molecule has 0 aromatic heterocycles. The molecule has 2 aliphatic heterocycles. The quantitative estimate of drug-likeness (QED) is 0.591. The van der Waals surface area contributed by atoms with Crippen LogP contribution in [-0.2, 0) is 4.79 Å². The van der Waals surface area contributed by atoms with Gasteiger partial charge in [0, 0.05) is 12.1 Å². The first-order chi connectivity index (χ1) is 11.1. The minimum atomic E-state index is -0.397. The molecule has 1 saturated heterocycles. The van der Waals surface area contributed by atoms with Gasteiger partial charge in [0.1, 0.15) is 0 Å². The van der Waals surface area contributed by atoms with Gasteiger partial charge in [-0.1, -0.05) is 11.6 Å². The highest BCUT2D eigenvalue weighted by atomic mass is 35.5. The minimum Gasteiger partial charge on any atom is -0.447 e. The van der Waals surface area contributed by atoms with Crippen LogP contribution in [0, 0.1) is 0 Å². The molecule has 1 aromatic carbocycles. The highest BCUT2D eigenvalue weighted by Gasteiger charge is 2.28. The first kappa shape index (κ1) is 15.6. The van der Waals surface area contributed by atoms with Gasteiger partial charge in [-0.2, -0.15) is 0 Å². The van der Waals surface area contributed by atoms with E-state index >= 15 is 0 Å². The van der Waals surface area contributed by atoms with E-state index in [0.717, 1.165) is 31.5 Å². The zero-order valence-electron chi connectivity index (χ0n) is 12.6. The minimum absolute atomic E-state index is 0.289. The summed E-state index contributed by atoms with van der Waals surface area (Å²) in [4.78, 5) is 23.9. The van der Waals surface area contributed by atoms with E-state index in [2.05, 4.69) is 21.3 Å². The smallest absolute Gasteiger partial charge is 0.319 e. The van der Waals surface area contributed by atoms with Crippen molar-refractivity contribution in [3.05, 3.63) is 28.5 Å². The van der Waals surface area contributed by atoms with Crippen LogP contribution in [0.3, 0.4) is 0 Å². The van der Waals surface area contributed by atoms with Crippen molar-refractivity contribution in [1.29, 1.82) is 0 Å². The number of carbonyl (C=O) groups excluding carboxylic acids is 2. The van der Waals surface area contributed by atoms with E-state index in [1.807, 2.05) is 0 Å². The largest absolute Gasteiger partial charge is 0.447 e. The van der Waals surface area contributed by atoms with Crippen LogP contribution in [0.1, 0.15) is 12.8 Å². The lowest BCUT2D eigenvalue weighted by Crippen LogP contribution is -2.31. The van der Waals surface area contributed by atoms with Gasteiger partial charge in [-0.3, -0.25) is 4.79 Å². The number of rotatable bonds is 1. The monoisotopic (exact) mass is 336 g/mol. The third-order valence-electron chi connectivity index (χ3n) is 3.72. The molecule has 3 amide bonds. The highest BCUT2D eigenvalue weighted by Crippen LogP contribution is 2.41. The number of carbonyl (C=O) groups is 2. The molecular formula is C15H17ClN4O3. The normalized spacial score (nSPS) is 17.0. The van der Waals surface area contributed by atoms with Gasteiger partial charge in [-0.05, 0) is 43.6 Å². The number of urea groups is 1. The van der Waals surface area contributed by atoms with Gasteiger partial charge < -0.3 is 26.0 Å². The second kappa shape index (κ2) is 6.47. The maximum Gasteiger partial charge on any atom is 0.319 e. The Kier molecular flexibility index (Phi) is 4.40. The third-order valence-corrected chi connectivity index (χ3v) is 3.93. The Morgan fingerprint density at radius 2 is 2.04 bits per heavy atom. The standard InChI is InChI=1S/C15H17ClN4O3/c1-17-15(22)20-11-7-9(16)6-10-13(11)23-12(14(21)19-10)8-2-4-18-5-3-8/h6-7,18H,2-5H2,1H3,(H,19,21)(H2,17,20,22).